The van der Waals surface area contributed by atoms with Crippen molar-refractivity contribution in [1.82, 2.24) is 9.97 Å². The topological polar surface area (TPSA) is 87.6 Å². The van der Waals surface area contributed by atoms with Crippen LogP contribution in [0.5, 0.6) is 5.75 Å². The van der Waals surface area contributed by atoms with E-state index in [9.17, 15) is 4.79 Å². The standard InChI is InChI=1S/C17H19ClN4O3/c1-25-14-3-2-12(8-13(14)18)21-15-9-16(20-10-19-15)22-6-4-11(5-7-22)17(23)24/h2-3,8-11H,4-7H2,1H3,(H,23,24)(H,19,20,21). The average molecular weight is 363 g/mol. The Kier molecular flexibility index (Phi) is 5.23. The number of carbonyl (C=O) groups is 1. The molecule has 1 aromatic carbocycles. The number of piperidine rings is 1. The highest BCUT2D eigenvalue weighted by atomic mass is 35.5. The molecule has 0 atom stereocenters. The summed E-state index contributed by atoms with van der Waals surface area (Å²) in [7, 11) is 1.57. The maximum absolute atomic E-state index is 11.1. The van der Waals surface area contributed by atoms with E-state index >= 15 is 0 Å². The molecular formula is C17H19ClN4O3. The molecule has 2 N–H and O–H groups in total. The Morgan fingerprint density at radius 2 is 2.08 bits per heavy atom. The van der Waals surface area contributed by atoms with E-state index in [0.29, 0.717) is 42.5 Å². The highest BCUT2D eigenvalue weighted by Gasteiger charge is 2.25. The van der Waals surface area contributed by atoms with Crippen LogP contribution < -0.4 is 15.0 Å². The number of ether oxygens (including phenoxy) is 1. The van der Waals surface area contributed by atoms with E-state index in [-0.39, 0.29) is 5.92 Å². The van der Waals surface area contributed by atoms with E-state index in [1.54, 1.807) is 19.2 Å². The number of nitrogens with one attached hydrogen (secondary N) is 1. The van der Waals surface area contributed by atoms with Crippen molar-refractivity contribution in [3.63, 3.8) is 0 Å². The lowest BCUT2D eigenvalue weighted by Crippen LogP contribution is -2.36. The third-order valence-corrected chi connectivity index (χ3v) is 4.54. The summed E-state index contributed by atoms with van der Waals surface area (Å²) in [6.07, 6.45) is 2.73. The van der Waals surface area contributed by atoms with Gasteiger partial charge in [0.2, 0.25) is 0 Å². The second kappa shape index (κ2) is 7.57. The monoisotopic (exact) mass is 362 g/mol. The molecule has 0 aliphatic carbocycles. The van der Waals surface area contributed by atoms with Crippen molar-refractivity contribution in [2.75, 3.05) is 30.4 Å². The van der Waals surface area contributed by atoms with Crippen molar-refractivity contribution >= 4 is 34.9 Å². The Morgan fingerprint density at radius 1 is 1.32 bits per heavy atom. The number of carboxylic acid groups (broad SMARTS) is 1. The molecule has 3 rings (SSSR count). The van der Waals surface area contributed by atoms with Crippen molar-refractivity contribution in [3.8, 4) is 5.75 Å². The fourth-order valence-corrected chi connectivity index (χ4v) is 3.09. The average Bonchev–Trinajstić information content (AvgIpc) is 2.62. The van der Waals surface area contributed by atoms with Gasteiger partial charge in [-0.1, -0.05) is 11.6 Å². The predicted octanol–water partition coefficient (Wildman–Crippen LogP) is 3.18. The van der Waals surface area contributed by atoms with Crippen molar-refractivity contribution in [2.24, 2.45) is 5.92 Å². The molecule has 1 aliphatic heterocycles. The summed E-state index contributed by atoms with van der Waals surface area (Å²) in [5.41, 5.74) is 0.792. The molecule has 1 aliphatic rings. The summed E-state index contributed by atoms with van der Waals surface area (Å²) in [5.74, 6) is 1.04. The highest BCUT2D eigenvalue weighted by Crippen LogP contribution is 2.29. The van der Waals surface area contributed by atoms with E-state index in [4.69, 9.17) is 21.4 Å². The zero-order chi connectivity index (χ0) is 17.8. The first-order chi connectivity index (χ1) is 12.1. The number of hydrogen-bond acceptors (Lipinski definition) is 6. The quantitative estimate of drug-likeness (QED) is 0.844. The molecule has 132 valence electrons. The molecule has 2 heterocycles. The zero-order valence-corrected chi connectivity index (χ0v) is 14.5. The van der Waals surface area contributed by atoms with Crippen LogP contribution in [0, 0.1) is 5.92 Å². The lowest BCUT2D eigenvalue weighted by Gasteiger charge is -2.31. The van der Waals surface area contributed by atoms with Gasteiger partial charge in [-0.3, -0.25) is 4.79 Å². The van der Waals surface area contributed by atoms with Crippen LogP contribution in [0.4, 0.5) is 17.3 Å². The third kappa shape index (κ3) is 4.11. The molecule has 1 aromatic heterocycles. The van der Waals surface area contributed by atoms with E-state index in [0.717, 1.165) is 11.5 Å². The van der Waals surface area contributed by atoms with Crippen LogP contribution in [-0.2, 0) is 4.79 Å². The first-order valence-corrected chi connectivity index (χ1v) is 8.35. The van der Waals surface area contributed by atoms with Crippen molar-refractivity contribution < 1.29 is 14.6 Å². The number of rotatable bonds is 5. The van der Waals surface area contributed by atoms with Gasteiger partial charge in [0, 0.05) is 24.8 Å². The van der Waals surface area contributed by atoms with Crippen molar-refractivity contribution in [3.05, 3.63) is 35.6 Å². The van der Waals surface area contributed by atoms with Gasteiger partial charge in [-0.15, -0.1) is 0 Å². The number of hydrogen-bond donors (Lipinski definition) is 2. The van der Waals surface area contributed by atoms with Crippen LogP contribution in [0.2, 0.25) is 5.02 Å². The summed E-state index contributed by atoms with van der Waals surface area (Å²) >= 11 is 6.13. The third-order valence-electron chi connectivity index (χ3n) is 4.25. The fourth-order valence-electron chi connectivity index (χ4n) is 2.84. The van der Waals surface area contributed by atoms with Crippen LogP contribution in [0.25, 0.3) is 0 Å². The minimum Gasteiger partial charge on any atom is -0.495 e. The number of carboxylic acids is 1. The molecular weight excluding hydrogens is 344 g/mol. The minimum atomic E-state index is -0.721. The van der Waals surface area contributed by atoms with Gasteiger partial charge in [0.05, 0.1) is 18.1 Å². The van der Waals surface area contributed by atoms with Crippen LogP contribution >= 0.6 is 11.6 Å². The molecule has 1 saturated heterocycles. The Morgan fingerprint density at radius 3 is 2.72 bits per heavy atom. The van der Waals surface area contributed by atoms with Crippen LogP contribution in [0.15, 0.2) is 30.6 Å². The van der Waals surface area contributed by atoms with E-state index < -0.39 is 5.97 Å². The number of nitrogens with zero attached hydrogens (tertiary/aromatic N) is 3. The number of benzene rings is 1. The summed E-state index contributed by atoms with van der Waals surface area (Å²) in [4.78, 5) is 21.7. The SMILES string of the molecule is COc1ccc(Nc2cc(N3CCC(C(=O)O)CC3)ncn2)cc1Cl. The van der Waals surface area contributed by atoms with E-state index in [1.165, 1.54) is 6.33 Å². The van der Waals surface area contributed by atoms with Gasteiger partial charge in [-0.05, 0) is 31.0 Å². The number of aromatic nitrogens is 2. The van der Waals surface area contributed by atoms with Gasteiger partial charge in [-0.25, -0.2) is 9.97 Å². The second-order valence-electron chi connectivity index (χ2n) is 5.84. The second-order valence-corrected chi connectivity index (χ2v) is 6.24. The lowest BCUT2D eigenvalue weighted by molar-refractivity contribution is -0.142. The molecule has 0 spiro atoms. The van der Waals surface area contributed by atoms with Crippen LogP contribution in [-0.4, -0.2) is 41.2 Å². The van der Waals surface area contributed by atoms with Gasteiger partial charge >= 0.3 is 5.97 Å². The van der Waals surface area contributed by atoms with Gasteiger partial charge < -0.3 is 20.1 Å². The molecule has 0 bridgehead atoms. The lowest BCUT2D eigenvalue weighted by atomic mass is 9.97. The van der Waals surface area contributed by atoms with Gasteiger partial charge in [-0.2, -0.15) is 0 Å². The molecule has 0 saturated carbocycles. The Bertz CT molecular complexity index is 763. The Labute approximate surface area is 150 Å². The molecule has 25 heavy (non-hydrogen) atoms. The Hall–Kier alpha value is -2.54. The van der Waals surface area contributed by atoms with Gasteiger partial charge in [0.15, 0.2) is 0 Å². The highest BCUT2D eigenvalue weighted by molar-refractivity contribution is 6.32. The summed E-state index contributed by atoms with van der Waals surface area (Å²) < 4.78 is 5.14. The molecule has 1 fully saturated rings. The first-order valence-electron chi connectivity index (χ1n) is 7.97. The minimum absolute atomic E-state index is 0.267. The zero-order valence-electron chi connectivity index (χ0n) is 13.8. The van der Waals surface area contributed by atoms with E-state index in [2.05, 4.69) is 20.2 Å². The Balaban J connectivity index is 1.70. The first kappa shape index (κ1) is 17.3. The van der Waals surface area contributed by atoms with Gasteiger partial charge in [0.1, 0.15) is 23.7 Å². The van der Waals surface area contributed by atoms with Gasteiger partial charge in [0.25, 0.3) is 0 Å². The molecule has 0 radical (unpaired) electrons. The largest absolute Gasteiger partial charge is 0.495 e. The van der Waals surface area contributed by atoms with E-state index in [1.807, 2.05) is 12.1 Å². The van der Waals surface area contributed by atoms with Crippen molar-refractivity contribution in [1.29, 1.82) is 0 Å². The summed E-state index contributed by atoms with van der Waals surface area (Å²) in [5, 5.41) is 12.8. The maximum atomic E-state index is 11.1. The molecule has 0 unspecified atom stereocenters. The molecule has 8 heteroatoms. The summed E-state index contributed by atoms with van der Waals surface area (Å²) in [6.45, 7) is 1.34. The molecule has 0 amide bonds. The number of aliphatic carboxylic acids is 1. The van der Waals surface area contributed by atoms with Crippen molar-refractivity contribution in [2.45, 2.75) is 12.8 Å². The van der Waals surface area contributed by atoms with Crippen LogP contribution in [0.1, 0.15) is 12.8 Å². The predicted molar refractivity (Wildman–Crippen MR) is 95.9 cm³/mol. The molecule has 2 aromatic rings. The van der Waals surface area contributed by atoms with Crippen LogP contribution in [0.3, 0.4) is 0 Å². The smallest absolute Gasteiger partial charge is 0.306 e. The number of anilines is 3. The number of methoxy groups -OCH3 is 1. The normalized spacial score (nSPS) is 15.0. The summed E-state index contributed by atoms with van der Waals surface area (Å²) in [6, 6.07) is 7.24. The molecule has 7 nitrogen and oxygen atoms in total. The maximum Gasteiger partial charge on any atom is 0.306 e. The number of halogens is 1. The fraction of sp³-hybridized carbons (Fsp3) is 0.353.